The molecular weight excluding hydrogens is 188 g/mol. The zero-order chi connectivity index (χ0) is 10.7. The third-order valence-corrected chi connectivity index (χ3v) is 2.95. The Balaban J connectivity index is 2.24. The summed E-state index contributed by atoms with van der Waals surface area (Å²) in [4.78, 5) is 11.6. The van der Waals surface area contributed by atoms with Crippen LogP contribution in [0.4, 0.5) is 0 Å². The summed E-state index contributed by atoms with van der Waals surface area (Å²) in [6.07, 6.45) is 4.80. The van der Waals surface area contributed by atoms with Crippen LogP contribution in [0.2, 0.25) is 0 Å². The second kappa shape index (κ2) is 4.58. The van der Waals surface area contributed by atoms with Crippen LogP contribution < -0.4 is 0 Å². The number of rotatable bonds is 3. The molecule has 0 aromatic heterocycles. The summed E-state index contributed by atoms with van der Waals surface area (Å²) in [6, 6.07) is 6.05. The molecule has 2 nitrogen and oxygen atoms in total. The summed E-state index contributed by atoms with van der Waals surface area (Å²) < 4.78 is 4.85. The molecule has 0 fully saturated rings. The van der Waals surface area contributed by atoms with Gasteiger partial charge in [0.15, 0.2) is 5.78 Å². The van der Waals surface area contributed by atoms with E-state index in [4.69, 9.17) is 4.74 Å². The van der Waals surface area contributed by atoms with Gasteiger partial charge in [-0.3, -0.25) is 4.79 Å². The topological polar surface area (TPSA) is 26.3 Å². The summed E-state index contributed by atoms with van der Waals surface area (Å²) in [5.74, 6) is 0.0749. The van der Waals surface area contributed by atoms with Gasteiger partial charge < -0.3 is 4.74 Å². The fraction of sp³-hybridized carbons (Fsp3) is 0.462. The lowest BCUT2D eigenvalue weighted by atomic mass is 9.90. The maximum Gasteiger partial charge on any atom is 0.188 e. The van der Waals surface area contributed by atoms with Crippen molar-refractivity contribution >= 4 is 5.78 Å². The summed E-state index contributed by atoms with van der Waals surface area (Å²) >= 11 is 0. The third-order valence-electron chi connectivity index (χ3n) is 2.95. The molecule has 0 heterocycles. The van der Waals surface area contributed by atoms with Crippen molar-refractivity contribution in [3.8, 4) is 0 Å². The molecule has 80 valence electrons. The van der Waals surface area contributed by atoms with Crippen LogP contribution >= 0.6 is 0 Å². The number of carbonyl (C=O) groups excluding carboxylic acids is 1. The minimum absolute atomic E-state index is 0.0749. The van der Waals surface area contributed by atoms with E-state index in [2.05, 4.69) is 6.07 Å². The highest BCUT2D eigenvalue weighted by Crippen LogP contribution is 2.22. The molecule has 0 amide bonds. The second-order valence-corrected chi connectivity index (χ2v) is 4.05. The van der Waals surface area contributed by atoms with E-state index in [1.165, 1.54) is 24.0 Å². The van der Waals surface area contributed by atoms with Crippen molar-refractivity contribution < 1.29 is 9.53 Å². The average Bonchev–Trinajstić information content (AvgIpc) is 2.29. The van der Waals surface area contributed by atoms with Crippen molar-refractivity contribution in [2.45, 2.75) is 25.7 Å². The molecule has 0 aliphatic heterocycles. The maximum atomic E-state index is 11.6. The molecule has 0 saturated carbocycles. The van der Waals surface area contributed by atoms with E-state index < -0.39 is 0 Å². The van der Waals surface area contributed by atoms with Gasteiger partial charge in [0.05, 0.1) is 0 Å². The molecule has 0 atom stereocenters. The molecule has 1 aromatic rings. The first kappa shape index (κ1) is 10.4. The molecule has 1 aromatic carbocycles. The van der Waals surface area contributed by atoms with Crippen molar-refractivity contribution in [1.29, 1.82) is 0 Å². The molecule has 1 aliphatic rings. The van der Waals surface area contributed by atoms with Crippen LogP contribution in [0.5, 0.6) is 0 Å². The largest absolute Gasteiger partial charge is 0.377 e. The van der Waals surface area contributed by atoms with E-state index in [1.807, 2.05) is 12.1 Å². The van der Waals surface area contributed by atoms with Crippen LogP contribution in [-0.2, 0) is 17.6 Å². The van der Waals surface area contributed by atoms with Crippen LogP contribution in [0, 0.1) is 0 Å². The first-order valence-electron chi connectivity index (χ1n) is 5.45. The first-order chi connectivity index (χ1) is 7.31. The molecule has 0 radical (unpaired) electrons. The molecule has 0 saturated heterocycles. The molecule has 1 aliphatic carbocycles. The van der Waals surface area contributed by atoms with Gasteiger partial charge in [-0.1, -0.05) is 12.1 Å². The van der Waals surface area contributed by atoms with Gasteiger partial charge >= 0.3 is 0 Å². The minimum Gasteiger partial charge on any atom is -0.377 e. The fourth-order valence-electron chi connectivity index (χ4n) is 2.12. The van der Waals surface area contributed by atoms with Gasteiger partial charge in [0.1, 0.15) is 6.61 Å². The van der Waals surface area contributed by atoms with Crippen LogP contribution in [0.3, 0.4) is 0 Å². The Morgan fingerprint density at radius 1 is 1.27 bits per heavy atom. The first-order valence-corrected chi connectivity index (χ1v) is 5.45. The highest BCUT2D eigenvalue weighted by Gasteiger charge is 2.12. The smallest absolute Gasteiger partial charge is 0.188 e. The Labute approximate surface area is 90.3 Å². The zero-order valence-corrected chi connectivity index (χ0v) is 9.08. The number of hydrogen-bond donors (Lipinski definition) is 0. The summed E-state index contributed by atoms with van der Waals surface area (Å²) in [5, 5.41) is 0. The molecular formula is C13H16O2. The van der Waals surface area contributed by atoms with Crippen molar-refractivity contribution in [2.75, 3.05) is 13.7 Å². The van der Waals surface area contributed by atoms with Gasteiger partial charge in [-0.25, -0.2) is 0 Å². The SMILES string of the molecule is COCC(=O)c1ccc2c(c1)CCCC2. The van der Waals surface area contributed by atoms with Gasteiger partial charge in [-0.15, -0.1) is 0 Å². The lowest BCUT2D eigenvalue weighted by Gasteiger charge is -2.16. The van der Waals surface area contributed by atoms with Gasteiger partial charge in [-0.2, -0.15) is 0 Å². The molecule has 0 spiro atoms. The quantitative estimate of drug-likeness (QED) is 0.707. The van der Waals surface area contributed by atoms with Crippen LogP contribution in [0.1, 0.15) is 34.3 Å². The molecule has 2 heteroatoms. The molecule has 0 N–H and O–H groups in total. The maximum absolute atomic E-state index is 11.6. The van der Waals surface area contributed by atoms with Gasteiger partial charge in [0.25, 0.3) is 0 Å². The van der Waals surface area contributed by atoms with Crippen molar-refractivity contribution in [3.05, 3.63) is 34.9 Å². The summed E-state index contributed by atoms with van der Waals surface area (Å²) in [5.41, 5.74) is 3.55. The molecule has 15 heavy (non-hydrogen) atoms. The Kier molecular flexibility index (Phi) is 3.17. The highest BCUT2D eigenvalue weighted by molar-refractivity contribution is 5.97. The van der Waals surface area contributed by atoms with E-state index in [0.717, 1.165) is 18.4 Å². The number of carbonyl (C=O) groups is 1. The monoisotopic (exact) mass is 204 g/mol. The van der Waals surface area contributed by atoms with Crippen LogP contribution in [0.25, 0.3) is 0 Å². The second-order valence-electron chi connectivity index (χ2n) is 4.05. The number of ketones is 1. The fourth-order valence-corrected chi connectivity index (χ4v) is 2.12. The van der Waals surface area contributed by atoms with E-state index in [-0.39, 0.29) is 12.4 Å². The van der Waals surface area contributed by atoms with Gasteiger partial charge in [0.2, 0.25) is 0 Å². The number of aryl methyl sites for hydroxylation is 2. The highest BCUT2D eigenvalue weighted by atomic mass is 16.5. The Bertz CT molecular complexity index is 369. The van der Waals surface area contributed by atoms with E-state index in [9.17, 15) is 4.79 Å². The van der Waals surface area contributed by atoms with Crippen molar-refractivity contribution in [2.24, 2.45) is 0 Å². The number of Topliss-reactive ketones (excluding diaryl/α,β-unsaturated/α-hetero) is 1. The number of methoxy groups -OCH3 is 1. The number of ether oxygens (including phenoxy) is 1. The summed E-state index contributed by atoms with van der Waals surface area (Å²) in [6.45, 7) is 0.179. The van der Waals surface area contributed by atoms with Crippen molar-refractivity contribution in [3.63, 3.8) is 0 Å². The Morgan fingerprint density at radius 3 is 2.73 bits per heavy atom. The minimum atomic E-state index is 0.0749. The zero-order valence-electron chi connectivity index (χ0n) is 9.08. The average molecular weight is 204 g/mol. The molecule has 0 unspecified atom stereocenters. The summed E-state index contributed by atoms with van der Waals surface area (Å²) in [7, 11) is 1.55. The van der Waals surface area contributed by atoms with Crippen LogP contribution in [-0.4, -0.2) is 19.5 Å². The van der Waals surface area contributed by atoms with Gasteiger partial charge in [-0.05, 0) is 42.9 Å². The molecule has 2 rings (SSSR count). The standard InChI is InChI=1S/C13H16O2/c1-15-9-13(14)12-7-6-10-4-2-3-5-11(10)8-12/h6-8H,2-5,9H2,1H3. The van der Waals surface area contributed by atoms with Crippen molar-refractivity contribution in [1.82, 2.24) is 0 Å². The number of hydrogen-bond acceptors (Lipinski definition) is 2. The van der Waals surface area contributed by atoms with Crippen LogP contribution in [0.15, 0.2) is 18.2 Å². The Hall–Kier alpha value is -1.15. The number of benzene rings is 1. The van der Waals surface area contributed by atoms with E-state index in [0.29, 0.717) is 0 Å². The third kappa shape index (κ3) is 2.26. The molecule has 0 bridgehead atoms. The number of fused-ring (bicyclic) bond motifs is 1. The normalized spacial score (nSPS) is 14.7. The predicted molar refractivity (Wildman–Crippen MR) is 59.3 cm³/mol. The predicted octanol–water partition coefficient (Wildman–Crippen LogP) is 2.39. The van der Waals surface area contributed by atoms with E-state index in [1.54, 1.807) is 7.11 Å². The van der Waals surface area contributed by atoms with Gasteiger partial charge in [0, 0.05) is 12.7 Å². The Morgan fingerprint density at radius 2 is 2.00 bits per heavy atom. The van der Waals surface area contributed by atoms with E-state index >= 15 is 0 Å². The lowest BCUT2D eigenvalue weighted by Crippen LogP contribution is -2.09. The lowest BCUT2D eigenvalue weighted by molar-refractivity contribution is 0.0848.